The summed E-state index contributed by atoms with van der Waals surface area (Å²) in [6.07, 6.45) is -4.11. The first-order valence-electron chi connectivity index (χ1n) is 7.41. The van der Waals surface area contributed by atoms with Crippen molar-refractivity contribution in [3.63, 3.8) is 0 Å². The van der Waals surface area contributed by atoms with Gasteiger partial charge in [-0.25, -0.2) is 0 Å². The van der Waals surface area contributed by atoms with E-state index in [4.69, 9.17) is 4.65 Å². The van der Waals surface area contributed by atoms with Crippen LogP contribution < -0.4 is 15.5 Å². The number of hydrogen-bond donors (Lipinski definition) is 2. The van der Waals surface area contributed by atoms with Gasteiger partial charge < -0.3 is 19.7 Å². The normalized spacial score (nSPS) is 14.0. The first-order chi connectivity index (χ1) is 11.8. The van der Waals surface area contributed by atoms with Gasteiger partial charge in [0.15, 0.2) is 0 Å². The highest BCUT2D eigenvalue weighted by atomic mass is 19.4. The summed E-state index contributed by atoms with van der Waals surface area (Å²) < 4.78 is 45.3. The van der Waals surface area contributed by atoms with Gasteiger partial charge in [-0.2, -0.15) is 0 Å². The number of anilines is 1. The maximum atomic E-state index is 12.2. The minimum Gasteiger partial charge on any atom is -0.423 e. The third-order valence-corrected chi connectivity index (χ3v) is 3.67. The van der Waals surface area contributed by atoms with E-state index < -0.39 is 25.1 Å². The Hall–Kier alpha value is -2.52. The van der Waals surface area contributed by atoms with E-state index in [0.29, 0.717) is 24.2 Å². The predicted octanol–water partition coefficient (Wildman–Crippen LogP) is 2.10. The highest BCUT2D eigenvalue weighted by molar-refractivity contribution is 6.61. The Morgan fingerprint density at radius 1 is 1.20 bits per heavy atom. The van der Waals surface area contributed by atoms with Crippen molar-refractivity contribution in [2.24, 2.45) is 0 Å². The van der Waals surface area contributed by atoms with Crippen LogP contribution in [0.4, 0.5) is 18.9 Å². The van der Waals surface area contributed by atoms with Crippen molar-refractivity contribution >= 4 is 24.2 Å². The number of hydrogen-bond acceptors (Lipinski definition) is 4. The molecule has 25 heavy (non-hydrogen) atoms. The smallest absolute Gasteiger partial charge is 0.423 e. The highest BCUT2D eigenvalue weighted by Gasteiger charge is 2.31. The second-order valence-electron chi connectivity index (χ2n) is 5.41. The Labute approximate surface area is 141 Å². The van der Waals surface area contributed by atoms with Crippen LogP contribution in [0, 0.1) is 0 Å². The zero-order valence-electron chi connectivity index (χ0n) is 12.8. The summed E-state index contributed by atoms with van der Waals surface area (Å²) in [6.45, 7) is 0.423. The molecule has 3 rings (SSSR count). The van der Waals surface area contributed by atoms with Crippen molar-refractivity contribution in [2.75, 3.05) is 11.9 Å². The van der Waals surface area contributed by atoms with Crippen molar-refractivity contribution in [2.45, 2.75) is 12.8 Å². The van der Waals surface area contributed by atoms with Crippen LogP contribution in [0.15, 0.2) is 42.5 Å². The van der Waals surface area contributed by atoms with E-state index in [-0.39, 0.29) is 5.56 Å². The fourth-order valence-electron chi connectivity index (χ4n) is 2.51. The zero-order chi connectivity index (χ0) is 18.0. The molecule has 0 atom stereocenters. The molecule has 0 unspecified atom stereocenters. The van der Waals surface area contributed by atoms with Crippen LogP contribution in [-0.2, 0) is 11.1 Å². The lowest BCUT2D eigenvalue weighted by atomic mass is 9.73. The van der Waals surface area contributed by atoms with Gasteiger partial charge in [0.2, 0.25) is 0 Å². The van der Waals surface area contributed by atoms with E-state index in [0.717, 1.165) is 17.7 Å². The Morgan fingerprint density at radius 3 is 2.60 bits per heavy atom. The van der Waals surface area contributed by atoms with Crippen molar-refractivity contribution in [3.05, 3.63) is 53.6 Å². The summed E-state index contributed by atoms with van der Waals surface area (Å²) in [5, 5.41) is 12.4. The topological polar surface area (TPSA) is 67.8 Å². The van der Waals surface area contributed by atoms with Gasteiger partial charge in [0.05, 0.1) is 0 Å². The molecule has 1 amide bonds. The summed E-state index contributed by atoms with van der Waals surface area (Å²) in [5.41, 5.74) is 2.14. The average Bonchev–Trinajstić information content (AvgIpc) is 2.55. The third kappa shape index (κ3) is 4.31. The van der Waals surface area contributed by atoms with Crippen LogP contribution in [0.5, 0.6) is 5.75 Å². The molecular formula is C16H13BF3NO4. The molecule has 0 aromatic heterocycles. The summed E-state index contributed by atoms with van der Waals surface area (Å²) in [4.78, 5) is 12.2. The zero-order valence-corrected chi connectivity index (χ0v) is 12.8. The lowest BCUT2D eigenvalue weighted by Crippen LogP contribution is -2.41. The number of halogens is 3. The molecule has 9 heteroatoms. The average molecular weight is 351 g/mol. The van der Waals surface area contributed by atoms with Gasteiger partial charge in [0, 0.05) is 17.9 Å². The summed E-state index contributed by atoms with van der Waals surface area (Å²) in [6, 6.07) is 9.67. The Morgan fingerprint density at radius 2 is 1.92 bits per heavy atom. The third-order valence-electron chi connectivity index (χ3n) is 3.67. The number of amides is 1. The van der Waals surface area contributed by atoms with Crippen LogP contribution in [0.3, 0.4) is 0 Å². The van der Waals surface area contributed by atoms with Crippen LogP contribution in [0.1, 0.15) is 15.9 Å². The van der Waals surface area contributed by atoms with E-state index in [9.17, 15) is 23.0 Å². The number of fused-ring (bicyclic) bond motifs is 1. The van der Waals surface area contributed by atoms with Crippen LogP contribution in [0.25, 0.3) is 0 Å². The minimum atomic E-state index is -4.78. The molecule has 0 spiro atoms. The van der Waals surface area contributed by atoms with Gasteiger partial charge in [0.25, 0.3) is 5.91 Å². The number of rotatable bonds is 3. The van der Waals surface area contributed by atoms with E-state index in [2.05, 4.69) is 10.1 Å². The lowest BCUT2D eigenvalue weighted by molar-refractivity contribution is -0.274. The van der Waals surface area contributed by atoms with Gasteiger partial charge >= 0.3 is 13.5 Å². The van der Waals surface area contributed by atoms with Gasteiger partial charge in [0.1, 0.15) is 5.75 Å². The van der Waals surface area contributed by atoms with Crippen molar-refractivity contribution in [1.82, 2.24) is 0 Å². The van der Waals surface area contributed by atoms with Gasteiger partial charge in [-0.05, 0) is 53.8 Å². The molecule has 0 aliphatic carbocycles. The molecule has 1 aliphatic rings. The molecule has 130 valence electrons. The van der Waals surface area contributed by atoms with Crippen molar-refractivity contribution in [3.8, 4) is 5.75 Å². The van der Waals surface area contributed by atoms with E-state index in [1.54, 1.807) is 18.2 Å². The SMILES string of the molecule is O=C(Nc1ccc2c(c1)B(O)OCC2)c1ccc(OC(F)(F)F)cc1. The first-order valence-corrected chi connectivity index (χ1v) is 7.41. The maximum Gasteiger partial charge on any atom is 0.573 e. The fraction of sp³-hybridized carbons (Fsp3) is 0.188. The number of alkyl halides is 3. The molecule has 2 N–H and O–H groups in total. The van der Waals surface area contributed by atoms with E-state index in [1.807, 2.05) is 0 Å². The Balaban J connectivity index is 1.71. The van der Waals surface area contributed by atoms with Crippen LogP contribution >= 0.6 is 0 Å². The number of carbonyl (C=O) groups is 1. The minimum absolute atomic E-state index is 0.170. The standard InChI is InChI=1S/C16H13BF3NO4/c18-16(19,20)25-13-5-2-11(3-6-13)15(22)21-12-4-1-10-7-8-24-17(23)14(10)9-12/h1-6,9,23H,7-8H2,(H,21,22). The summed E-state index contributed by atoms with van der Waals surface area (Å²) >= 11 is 0. The largest absolute Gasteiger partial charge is 0.573 e. The molecule has 2 aromatic rings. The second-order valence-corrected chi connectivity index (χ2v) is 5.41. The van der Waals surface area contributed by atoms with Crippen LogP contribution in [0.2, 0.25) is 0 Å². The van der Waals surface area contributed by atoms with Gasteiger partial charge in [-0.1, -0.05) is 6.07 Å². The molecule has 0 bridgehead atoms. The molecule has 1 aliphatic heterocycles. The number of nitrogens with one attached hydrogen (secondary N) is 1. The monoisotopic (exact) mass is 351 g/mol. The number of carbonyl (C=O) groups excluding carboxylic acids is 1. The molecule has 2 aromatic carbocycles. The number of ether oxygens (including phenoxy) is 1. The highest BCUT2D eigenvalue weighted by Crippen LogP contribution is 2.23. The van der Waals surface area contributed by atoms with Gasteiger partial charge in [-0.15, -0.1) is 13.2 Å². The maximum absolute atomic E-state index is 12.2. The van der Waals surface area contributed by atoms with E-state index in [1.165, 1.54) is 12.1 Å². The lowest BCUT2D eigenvalue weighted by Gasteiger charge is -2.19. The molecule has 0 saturated heterocycles. The van der Waals surface area contributed by atoms with Gasteiger partial charge in [-0.3, -0.25) is 4.79 Å². The fourth-order valence-corrected chi connectivity index (χ4v) is 2.51. The van der Waals surface area contributed by atoms with Crippen molar-refractivity contribution in [1.29, 1.82) is 0 Å². The molecule has 0 fully saturated rings. The molecular weight excluding hydrogens is 338 g/mol. The summed E-state index contributed by atoms with van der Waals surface area (Å²) in [5.74, 6) is -0.900. The second kappa shape index (κ2) is 6.77. The molecule has 0 radical (unpaired) electrons. The molecule has 0 saturated carbocycles. The molecule has 1 heterocycles. The van der Waals surface area contributed by atoms with Crippen LogP contribution in [-0.4, -0.2) is 31.0 Å². The Kier molecular flexibility index (Phi) is 4.69. The quantitative estimate of drug-likeness (QED) is 0.832. The van der Waals surface area contributed by atoms with Crippen molar-refractivity contribution < 1.29 is 32.4 Å². The molecule has 5 nitrogen and oxygen atoms in total. The Bertz CT molecular complexity index is 780. The number of benzene rings is 2. The first kappa shape index (κ1) is 17.3. The predicted molar refractivity (Wildman–Crippen MR) is 84.8 cm³/mol. The van der Waals surface area contributed by atoms with E-state index >= 15 is 0 Å². The summed E-state index contributed by atoms with van der Waals surface area (Å²) in [7, 11) is -1.04.